The monoisotopic (exact) mass is 646 g/mol. The second-order valence-electron chi connectivity index (χ2n) is 11.1. The van der Waals surface area contributed by atoms with E-state index in [1.165, 1.54) is 11.0 Å². The Morgan fingerprint density at radius 2 is 1.54 bits per heavy atom. The summed E-state index contributed by atoms with van der Waals surface area (Å²) in [5, 5.41) is 8.30. The molecule has 1 amide bonds. The maximum absolute atomic E-state index is 13.7. The quantitative estimate of drug-likeness (QED) is 0.104. The van der Waals surface area contributed by atoms with E-state index in [0.717, 1.165) is 41.0 Å². The lowest BCUT2D eigenvalue weighted by Crippen LogP contribution is -2.35. The van der Waals surface area contributed by atoms with Crippen molar-refractivity contribution < 1.29 is 18.0 Å². The first kappa shape index (κ1) is 32.7. The number of amidine groups is 1. The molecule has 0 spiro atoms. The number of benzene rings is 4. The molecule has 11 heteroatoms. The van der Waals surface area contributed by atoms with Crippen molar-refractivity contribution >= 4 is 34.4 Å². The predicted molar refractivity (Wildman–Crippen MR) is 175 cm³/mol. The summed E-state index contributed by atoms with van der Waals surface area (Å²) in [5.41, 5.74) is 15.7. The van der Waals surface area contributed by atoms with Crippen LogP contribution < -0.4 is 11.5 Å². The first-order chi connectivity index (χ1) is 22.0. The molecule has 0 radical (unpaired) electrons. The molecule has 46 heavy (non-hydrogen) atoms. The molecule has 4 aromatic carbocycles. The number of alkyl halides is 3. The SMILES string of the molecule is N=C(N)c1ccc(CCc2nc3cc(C(=O)N(CCN)Cc4cccc(C(F)(F)F)c4)ccc3n2CCc2ccc(Cl)cc2)cc1. The predicted octanol–water partition coefficient (Wildman–Crippen LogP) is 6.62. The Morgan fingerprint density at radius 1 is 0.870 bits per heavy atom. The molecule has 7 nitrogen and oxygen atoms in total. The fourth-order valence-electron chi connectivity index (χ4n) is 5.41. The molecule has 0 saturated carbocycles. The number of hydrogen-bond acceptors (Lipinski definition) is 4. The van der Waals surface area contributed by atoms with Crippen LogP contribution in [-0.2, 0) is 38.5 Å². The van der Waals surface area contributed by atoms with Crippen LogP contribution in [0.2, 0.25) is 5.02 Å². The maximum atomic E-state index is 13.7. The van der Waals surface area contributed by atoms with E-state index in [1.54, 1.807) is 18.2 Å². The largest absolute Gasteiger partial charge is 0.416 e. The molecule has 0 fully saturated rings. The third-order valence-corrected chi connectivity index (χ3v) is 8.08. The van der Waals surface area contributed by atoms with Crippen LogP contribution in [0.1, 0.15) is 44.0 Å². The number of nitrogens with zero attached hydrogens (tertiary/aromatic N) is 3. The van der Waals surface area contributed by atoms with Gasteiger partial charge in [-0.15, -0.1) is 0 Å². The average Bonchev–Trinajstić information content (AvgIpc) is 3.39. The normalized spacial score (nSPS) is 11.6. The number of carbonyl (C=O) groups is 1. The van der Waals surface area contributed by atoms with Gasteiger partial charge in [-0.3, -0.25) is 10.2 Å². The van der Waals surface area contributed by atoms with Crippen LogP contribution in [0.15, 0.2) is 91.0 Å². The number of rotatable bonds is 12. The summed E-state index contributed by atoms with van der Waals surface area (Å²) in [6.45, 7) is 0.972. The van der Waals surface area contributed by atoms with Crippen molar-refractivity contribution in [3.8, 4) is 0 Å². The third-order valence-electron chi connectivity index (χ3n) is 7.83. The van der Waals surface area contributed by atoms with Gasteiger partial charge in [-0.05, 0) is 72.0 Å². The molecule has 5 rings (SSSR count). The zero-order valence-electron chi connectivity index (χ0n) is 25.0. The molecule has 5 aromatic rings. The van der Waals surface area contributed by atoms with Gasteiger partial charge in [0.1, 0.15) is 11.7 Å². The van der Waals surface area contributed by atoms with E-state index in [0.29, 0.717) is 46.6 Å². The lowest BCUT2D eigenvalue weighted by atomic mass is 10.1. The summed E-state index contributed by atoms with van der Waals surface area (Å²) in [7, 11) is 0. The smallest absolute Gasteiger partial charge is 0.384 e. The molecule has 0 bridgehead atoms. The third kappa shape index (κ3) is 7.94. The molecule has 0 saturated heterocycles. The number of hydrogen-bond donors (Lipinski definition) is 3. The van der Waals surface area contributed by atoms with Crippen molar-refractivity contribution in [1.82, 2.24) is 14.5 Å². The number of aryl methyl sites for hydroxylation is 4. The fraction of sp³-hybridized carbons (Fsp3) is 0.229. The van der Waals surface area contributed by atoms with E-state index in [4.69, 9.17) is 33.5 Å². The summed E-state index contributed by atoms with van der Waals surface area (Å²) in [5.74, 6) is 0.528. The van der Waals surface area contributed by atoms with Gasteiger partial charge in [0.15, 0.2) is 0 Å². The summed E-state index contributed by atoms with van der Waals surface area (Å²) < 4.78 is 42.0. The van der Waals surface area contributed by atoms with E-state index in [9.17, 15) is 18.0 Å². The molecular weight excluding hydrogens is 613 g/mol. The van der Waals surface area contributed by atoms with Gasteiger partial charge in [-0.2, -0.15) is 13.2 Å². The second kappa shape index (κ2) is 14.2. The first-order valence-electron chi connectivity index (χ1n) is 14.8. The van der Waals surface area contributed by atoms with E-state index >= 15 is 0 Å². The zero-order chi connectivity index (χ0) is 32.8. The minimum atomic E-state index is -4.48. The molecule has 1 heterocycles. The van der Waals surface area contributed by atoms with E-state index in [1.807, 2.05) is 54.6 Å². The van der Waals surface area contributed by atoms with Crippen LogP contribution in [0.4, 0.5) is 13.2 Å². The van der Waals surface area contributed by atoms with Crippen LogP contribution in [0.5, 0.6) is 0 Å². The lowest BCUT2D eigenvalue weighted by molar-refractivity contribution is -0.137. The Morgan fingerprint density at radius 3 is 2.22 bits per heavy atom. The molecule has 0 aliphatic carbocycles. The van der Waals surface area contributed by atoms with Gasteiger partial charge in [0, 0.05) is 48.7 Å². The van der Waals surface area contributed by atoms with Crippen molar-refractivity contribution in [3.63, 3.8) is 0 Å². The van der Waals surface area contributed by atoms with E-state index in [-0.39, 0.29) is 31.4 Å². The van der Waals surface area contributed by atoms with Gasteiger partial charge < -0.3 is 20.9 Å². The number of nitrogen functional groups attached to an aromatic ring is 1. The van der Waals surface area contributed by atoms with Crippen LogP contribution >= 0.6 is 11.6 Å². The van der Waals surface area contributed by atoms with Crippen LogP contribution in [-0.4, -0.2) is 39.3 Å². The standard InChI is InChI=1S/C35H34ClF3N6O/c36-29-12-6-24(7-13-29)16-18-45-31-14-11-27(21-30(31)43-32(45)15-8-23-4-9-26(10-5-23)33(41)42)34(46)44(19-17-40)22-25-2-1-3-28(20-25)35(37,38)39/h1-7,9-14,20-21H,8,15-19,22,40H2,(H3,41,42). The molecule has 5 N–H and O–H groups in total. The van der Waals surface area contributed by atoms with Crippen molar-refractivity contribution in [1.29, 1.82) is 5.41 Å². The van der Waals surface area contributed by atoms with Crippen LogP contribution in [0, 0.1) is 5.41 Å². The summed E-state index contributed by atoms with van der Waals surface area (Å²) in [4.78, 5) is 20.1. The highest BCUT2D eigenvalue weighted by Crippen LogP contribution is 2.30. The molecular formula is C35H34ClF3N6O. The highest BCUT2D eigenvalue weighted by molar-refractivity contribution is 6.30. The Bertz CT molecular complexity index is 1830. The van der Waals surface area contributed by atoms with Gasteiger partial charge in [0.25, 0.3) is 5.91 Å². The number of nitrogens with one attached hydrogen (secondary N) is 1. The fourth-order valence-corrected chi connectivity index (χ4v) is 5.54. The molecule has 0 aliphatic heterocycles. The number of amides is 1. The number of fused-ring (bicyclic) bond motifs is 1. The van der Waals surface area contributed by atoms with Crippen molar-refractivity contribution in [2.45, 2.75) is 38.5 Å². The molecule has 1 aromatic heterocycles. The Labute approximate surface area is 270 Å². The first-order valence-corrected chi connectivity index (χ1v) is 15.2. The van der Waals surface area contributed by atoms with Crippen molar-refractivity contribution in [2.75, 3.05) is 13.1 Å². The number of nitrogens with two attached hydrogens (primary N) is 2. The topological polar surface area (TPSA) is 114 Å². The minimum absolute atomic E-state index is 0.0127. The molecule has 0 unspecified atom stereocenters. The number of imidazole rings is 1. The van der Waals surface area contributed by atoms with Crippen LogP contribution in [0.25, 0.3) is 11.0 Å². The minimum Gasteiger partial charge on any atom is -0.384 e. The van der Waals surface area contributed by atoms with Gasteiger partial charge >= 0.3 is 6.18 Å². The summed E-state index contributed by atoms with van der Waals surface area (Å²) >= 11 is 6.08. The Kier molecular flexibility index (Phi) is 10.1. The maximum Gasteiger partial charge on any atom is 0.416 e. The lowest BCUT2D eigenvalue weighted by Gasteiger charge is -2.23. The molecule has 0 aliphatic rings. The summed E-state index contributed by atoms with van der Waals surface area (Å²) in [6, 6.07) is 25.6. The summed E-state index contributed by atoms with van der Waals surface area (Å²) in [6.07, 6.45) is -2.40. The second-order valence-corrected chi connectivity index (χ2v) is 11.5. The number of carbonyl (C=O) groups excluding carboxylic acids is 1. The average molecular weight is 647 g/mol. The highest BCUT2D eigenvalue weighted by Gasteiger charge is 2.30. The molecule has 0 atom stereocenters. The van der Waals surface area contributed by atoms with Crippen molar-refractivity contribution in [2.24, 2.45) is 11.5 Å². The number of aromatic nitrogens is 2. The van der Waals surface area contributed by atoms with E-state index < -0.39 is 11.7 Å². The molecule has 238 valence electrons. The van der Waals surface area contributed by atoms with E-state index in [2.05, 4.69) is 4.57 Å². The zero-order valence-corrected chi connectivity index (χ0v) is 25.8. The Balaban J connectivity index is 1.42. The van der Waals surface area contributed by atoms with Gasteiger partial charge in [0.2, 0.25) is 0 Å². The van der Waals surface area contributed by atoms with Crippen LogP contribution in [0.3, 0.4) is 0 Å². The van der Waals surface area contributed by atoms with Crippen molar-refractivity contribution in [3.05, 3.63) is 135 Å². The van der Waals surface area contributed by atoms with Gasteiger partial charge in [-0.25, -0.2) is 4.98 Å². The number of halogens is 4. The van der Waals surface area contributed by atoms with Gasteiger partial charge in [-0.1, -0.05) is 60.1 Å². The van der Waals surface area contributed by atoms with Gasteiger partial charge in [0.05, 0.1) is 16.6 Å². The Hall–Kier alpha value is -4.67. The highest BCUT2D eigenvalue weighted by atomic mass is 35.5.